The molecule has 19 heavy (non-hydrogen) atoms. The molecule has 1 N–H and O–H groups in total. The van der Waals surface area contributed by atoms with E-state index in [4.69, 9.17) is 0 Å². The fourth-order valence-electron chi connectivity index (χ4n) is 2.53. The molecule has 2 heterocycles. The Bertz CT molecular complexity index is 440. The zero-order valence-electron chi connectivity index (χ0n) is 11.5. The molecule has 1 fully saturated rings. The summed E-state index contributed by atoms with van der Waals surface area (Å²) < 4.78 is 1.12. The van der Waals surface area contributed by atoms with Crippen LogP contribution in [-0.2, 0) is 11.3 Å². The number of nitrogens with one attached hydrogen (secondary N) is 1. The van der Waals surface area contributed by atoms with Crippen LogP contribution in [0.15, 0.2) is 15.9 Å². The Morgan fingerprint density at radius 1 is 1.47 bits per heavy atom. The molecule has 5 heteroatoms. The van der Waals surface area contributed by atoms with E-state index >= 15 is 0 Å². The van der Waals surface area contributed by atoms with Crippen molar-refractivity contribution in [1.82, 2.24) is 10.2 Å². The lowest BCUT2D eigenvalue weighted by molar-refractivity contribution is -0.143. The van der Waals surface area contributed by atoms with Crippen LogP contribution in [0.4, 0.5) is 0 Å². The van der Waals surface area contributed by atoms with Crippen molar-refractivity contribution in [2.24, 2.45) is 5.41 Å². The van der Waals surface area contributed by atoms with Gasteiger partial charge in [0.25, 0.3) is 0 Å². The van der Waals surface area contributed by atoms with Crippen molar-refractivity contribution < 1.29 is 4.79 Å². The highest BCUT2D eigenvalue weighted by Crippen LogP contribution is 2.31. The van der Waals surface area contributed by atoms with Crippen LogP contribution in [0.25, 0.3) is 0 Å². The normalized spacial score (nSPS) is 18.3. The van der Waals surface area contributed by atoms with E-state index in [1.807, 2.05) is 11.0 Å². The number of halogens is 1. The van der Waals surface area contributed by atoms with E-state index in [1.54, 1.807) is 11.3 Å². The molecule has 0 radical (unpaired) electrons. The van der Waals surface area contributed by atoms with E-state index in [9.17, 15) is 4.79 Å². The summed E-state index contributed by atoms with van der Waals surface area (Å²) in [7, 11) is 0. The Balaban J connectivity index is 2.06. The Morgan fingerprint density at radius 3 is 2.68 bits per heavy atom. The monoisotopic (exact) mass is 344 g/mol. The summed E-state index contributed by atoms with van der Waals surface area (Å²) >= 11 is 5.18. The third-order valence-electron chi connectivity index (χ3n) is 3.87. The molecule has 1 aromatic rings. The van der Waals surface area contributed by atoms with Gasteiger partial charge in [-0.2, -0.15) is 0 Å². The topological polar surface area (TPSA) is 32.3 Å². The smallest absolute Gasteiger partial charge is 0.228 e. The summed E-state index contributed by atoms with van der Waals surface area (Å²) in [5.74, 6) is 0.307. The fraction of sp³-hybridized carbons (Fsp3) is 0.643. The highest BCUT2D eigenvalue weighted by molar-refractivity contribution is 9.11. The van der Waals surface area contributed by atoms with Crippen LogP contribution in [0.3, 0.4) is 0 Å². The molecule has 1 aliphatic rings. The summed E-state index contributed by atoms with van der Waals surface area (Å²) in [6, 6.07) is 4.14. The van der Waals surface area contributed by atoms with E-state index in [2.05, 4.69) is 41.2 Å². The van der Waals surface area contributed by atoms with Gasteiger partial charge in [-0.3, -0.25) is 4.79 Å². The van der Waals surface area contributed by atoms with Crippen molar-refractivity contribution in [2.45, 2.75) is 33.2 Å². The van der Waals surface area contributed by atoms with Crippen LogP contribution in [-0.4, -0.2) is 30.4 Å². The average Bonchev–Trinajstić information content (AvgIpc) is 2.81. The molecule has 0 bridgehead atoms. The molecule has 0 unspecified atom stereocenters. The molecule has 0 aromatic carbocycles. The summed E-state index contributed by atoms with van der Waals surface area (Å²) in [5, 5.41) is 3.33. The summed E-state index contributed by atoms with van der Waals surface area (Å²) in [4.78, 5) is 16.0. The molecule has 1 amide bonds. The largest absolute Gasteiger partial charge is 0.337 e. The maximum Gasteiger partial charge on any atom is 0.228 e. The van der Waals surface area contributed by atoms with E-state index in [1.165, 1.54) is 4.88 Å². The predicted octanol–water partition coefficient (Wildman–Crippen LogP) is 3.25. The second-order valence-corrected chi connectivity index (χ2v) is 7.88. The van der Waals surface area contributed by atoms with Crippen molar-refractivity contribution in [2.75, 3.05) is 19.6 Å². The van der Waals surface area contributed by atoms with Gasteiger partial charge in [-0.05, 0) is 60.9 Å². The molecular formula is C14H21BrN2OS. The molecular weight excluding hydrogens is 324 g/mol. The Morgan fingerprint density at radius 2 is 2.16 bits per heavy atom. The molecule has 2 rings (SSSR count). The van der Waals surface area contributed by atoms with Crippen molar-refractivity contribution in [1.29, 1.82) is 0 Å². The molecule has 106 valence electrons. The minimum atomic E-state index is -0.185. The second kappa shape index (κ2) is 6.37. The number of amides is 1. The lowest BCUT2D eigenvalue weighted by Gasteiger charge is -2.37. The van der Waals surface area contributed by atoms with Crippen LogP contribution in [0.5, 0.6) is 0 Å². The average molecular weight is 345 g/mol. The standard InChI is InChI=1S/C14H21BrN2OS/c1-3-17(10-11-4-5-12(15)19-11)13(18)14(2)6-8-16-9-7-14/h4-5,16H,3,6-10H2,1-2H3. The van der Waals surface area contributed by atoms with E-state index in [0.717, 1.165) is 42.8 Å². The van der Waals surface area contributed by atoms with Crippen LogP contribution in [0, 0.1) is 5.41 Å². The zero-order valence-corrected chi connectivity index (χ0v) is 13.9. The second-order valence-electron chi connectivity index (χ2n) is 5.34. The zero-order chi connectivity index (χ0) is 13.9. The van der Waals surface area contributed by atoms with Gasteiger partial charge in [0.2, 0.25) is 5.91 Å². The first kappa shape index (κ1) is 15.0. The Labute approximate surface area is 127 Å². The summed E-state index contributed by atoms with van der Waals surface area (Å²) in [5.41, 5.74) is -0.185. The molecule has 0 saturated carbocycles. The number of carbonyl (C=O) groups excluding carboxylic acids is 1. The van der Waals surface area contributed by atoms with Gasteiger partial charge in [-0.1, -0.05) is 6.92 Å². The van der Waals surface area contributed by atoms with Crippen LogP contribution < -0.4 is 5.32 Å². The SMILES string of the molecule is CCN(Cc1ccc(Br)s1)C(=O)C1(C)CCNCC1. The molecule has 0 atom stereocenters. The van der Waals surface area contributed by atoms with Gasteiger partial charge in [-0.15, -0.1) is 11.3 Å². The van der Waals surface area contributed by atoms with Gasteiger partial charge in [0.1, 0.15) is 0 Å². The molecule has 0 spiro atoms. The van der Waals surface area contributed by atoms with E-state index < -0.39 is 0 Å². The number of rotatable bonds is 4. The quantitative estimate of drug-likeness (QED) is 0.909. The number of carbonyl (C=O) groups is 1. The van der Waals surface area contributed by atoms with Gasteiger partial charge < -0.3 is 10.2 Å². The first-order valence-corrected chi connectivity index (χ1v) is 8.40. The minimum Gasteiger partial charge on any atom is -0.337 e. The third kappa shape index (κ3) is 3.58. The molecule has 3 nitrogen and oxygen atoms in total. The van der Waals surface area contributed by atoms with Crippen molar-refractivity contribution in [3.8, 4) is 0 Å². The van der Waals surface area contributed by atoms with Crippen LogP contribution in [0.2, 0.25) is 0 Å². The first-order valence-electron chi connectivity index (χ1n) is 6.79. The number of hydrogen-bond donors (Lipinski definition) is 1. The Hall–Kier alpha value is -0.390. The van der Waals surface area contributed by atoms with Crippen LogP contribution in [0.1, 0.15) is 31.6 Å². The molecule has 1 aromatic heterocycles. The lowest BCUT2D eigenvalue weighted by atomic mass is 9.79. The number of thiophene rings is 1. The van der Waals surface area contributed by atoms with Crippen molar-refractivity contribution in [3.05, 3.63) is 20.8 Å². The number of hydrogen-bond acceptors (Lipinski definition) is 3. The van der Waals surface area contributed by atoms with Gasteiger partial charge in [-0.25, -0.2) is 0 Å². The van der Waals surface area contributed by atoms with E-state index in [0.29, 0.717) is 5.91 Å². The van der Waals surface area contributed by atoms with Crippen molar-refractivity contribution in [3.63, 3.8) is 0 Å². The van der Waals surface area contributed by atoms with E-state index in [-0.39, 0.29) is 5.41 Å². The maximum atomic E-state index is 12.8. The van der Waals surface area contributed by atoms with Gasteiger partial charge in [0.15, 0.2) is 0 Å². The summed E-state index contributed by atoms with van der Waals surface area (Å²) in [6.07, 6.45) is 1.88. The minimum absolute atomic E-state index is 0.185. The lowest BCUT2D eigenvalue weighted by Crippen LogP contribution is -2.47. The van der Waals surface area contributed by atoms with Crippen LogP contribution >= 0.6 is 27.3 Å². The fourth-order valence-corrected chi connectivity index (χ4v) is 4.03. The first-order chi connectivity index (χ1) is 9.05. The highest BCUT2D eigenvalue weighted by Gasteiger charge is 2.37. The van der Waals surface area contributed by atoms with Gasteiger partial charge >= 0.3 is 0 Å². The molecule has 1 saturated heterocycles. The third-order valence-corrected chi connectivity index (χ3v) is 5.48. The summed E-state index contributed by atoms with van der Waals surface area (Å²) in [6.45, 7) is 7.58. The Kier molecular flexibility index (Phi) is 5.03. The van der Waals surface area contributed by atoms with Gasteiger partial charge in [0.05, 0.1) is 10.3 Å². The number of piperidine rings is 1. The van der Waals surface area contributed by atoms with Gasteiger partial charge in [0, 0.05) is 16.8 Å². The maximum absolute atomic E-state index is 12.8. The predicted molar refractivity (Wildman–Crippen MR) is 83.3 cm³/mol. The molecule has 1 aliphatic heterocycles. The van der Waals surface area contributed by atoms with Crippen molar-refractivity contribution >= 4 is 33.2 Å². The number of nitrogens with zero attached hydrogens (tertiary/aromatic N) is 1. The molecule has 0 aliphatic carbocycles. The highest BCUT2D eigenvalue weighted by atomic mass is 79.9.